The van der Waals surface area contributed by atoms with Crippen LogP contribution in [0.3, 0.4) is 0 Å². The van der Waals surface area contributed by atoms with Crippen molar-refractivity contribution in [2.24, 2.45) is 0 Å². The first-order chi connectivity index (χ1) is 7.59. The summed E-state index contributed by atoms with van der Waals surface area (Å²) in [5.41, 5.74) is 1.04. The molecule has 0 fully saturated rings. The monoisotopic (exact) mass is 250 g/mol. The minimum atomic E-state index is -2.82. The Kier molecular flexibility index (Phi) is 5.51. The van der Waals surface area contributed by atoms with E-state index in [9.17, 15) is 13.0 Å². The van der Waals surface area contributed by atoms with E-state index in [1.54, 1.807) is 24.3 Å². The zero-order valence-corrected chi connectivity index (χ0v) is 9.51. The summed E-state index contributed by atoms with van der Waals surface area (Å²) < 4.78 is 43.4. The van der Waals surface area contributed by atoms with Gasteiger partial charge < -0.3 is 4.74 Å². The standard InChI is InChI=1S/C10H12F2O3S/c1-8-2-4-9(5-3-8)16(13)15-7-6-14-10(11)12/h2-5,10H,6-7H2,1H3. The van der Waals surface area contributed by atoms with E-state index >= 15 is 0 Å². The number of aryl methyl sites for hydroxylation is 1. The van der Waals surface area contributed by atoms with Gasteiger partial charge in [-0.05, 0) is 19.1 Å². The van der Waals surface area contributed by atoms with Gasteiger partial charge in [0.05, 0.1) is 18.1 Å². The Morgan fingerprint density at radius 3 is 2.44 bits per heavy atom. The van der Waals surface area contributed by atoms with Crippen molar-refractivity contribution in [1.29, 1.82) is 0 Å². The maximum Gasteiger partial charge on any atom is 0.345 e. The highest BCUT2D eigenvalue weighted by atomic mass is 32.2. The SMILES string of the molecule is Cc1ccc(S(=O)OCCOC(F)F)cc1. The van der Waals surface area contributed by atoms with Gasteiger partial charge in [0, 0.05) is 0 Å². The fourth-order valence-electron chi connectivity index (χ4n) is 0.964. The fourth-order valence-corrected chi connectivity index (χ4v) is 1.68. The van der Waals surface area contributed by atoms with E-state index in [1.807, 2.05) is 6.92 Å². The molecule has 1 aromatic rings. The highest BCUT2D eigenvalue weighted by molar-refractivity contribution is 7.80. The van der Waals surface area contributed by atoms with Crippen molar-refractivity contribution in [2.75, 3.05) is 13.2 Å². The van der Waals surface area contributed by atoms with Crippen LogP contribution in [0.25, 0.3) is 0 Å². The van der Waals surface area contributed by atoms with Gasteiger partial charge in [-0.1, -0.05) is 17.7 Å². The van der Waals surface area contributed by atoms with Crippen LogP contribution in [0.4, 0.5) is 8.78 Å². The van der Waals surface area contributed by atoms with Crippen LogP contribution in [-0.4, -0.2) is 24.0 Å². The van der Waals surface area contributed by atoms with Gasteiger partial charge in [0.1, 0.15) is 0 Å². The van der Waals surface area contributed by atoms with Gasteiger partial charge in [-0.2, -0.15) is 8.78 Å². The summed E-state index contributed by atoms with van der Waals surface area (Å²) in [4.78, 5) is 0.502. The largest absolute Gasteiger partial charge is 0.345 e. The molecule has 1 unspecified atom stereocenters. The van der Waals surface area contributed by atoms with Gasteiger partial charge in [0.25, 0.3) is 0 Å². The molecule has 90 valence electrons. The Balaban J connectivity index is 2.32. The highest BCUT2D eigenvalue weighted by Gasteiger charge is 2.05. The lowest BCUT2D eigenvalue weighted by atomic mass is 10.2. The number of hydrogen-bond donors (Lipinski definition) is 0. The molecule has 0 spiro atoms. The number of alkyl halides is 2. The second-order valence-corrected chi connectivity index (χ2v) is 4.18. The van der Waals surface area contributed by atoms with Crippen LogP contribution in [-0.2, 0) is 20.0 Å². The lowest BCUT2D eigenvalue weighted by Crippen LogP contribution is -2.09. The lowest BCUT2D eigenvalue weighted by Gasteiger charge is -2.04. The van der Waals surface area contributed by atoms with Gasteiger partial charge >= 0.3 is 6.61 Å². The molecule has 16 heavy (non-hydrogen) atoms. The third kappa shape index (κ3) is 4.78. The summed E-state index contributed by atoms with van der Waals surface area (Å²) in [5, 5.41) is 0. The van der Waals surface area contributed by atoms with Gasteiger partial charge in [-0.3, -0.25) is 4.18 Å². The van der Waals surface area contributed by atoms with Crippen molar-refractivity contribution in [2.45, 2.75) is 18.4 Å². The van der Waals surface area contributed by atoms with Crippen molar-refractivity contribution in [3.8, 4) is 0 Å². The molecule has 0 bridgehead atoms. The highest BCUT2D eigenvalue weighted by Crippen LogP contribution is 2.09. The van der Waals surface area contributed by atoms with Crippen LogP contribution in [0, 0.1) is 6.92 Å². The minimum absolute atomic E-state index is 0.134. The van der Waals surface area contributed by atoms with E-state index in [4.69, 9.17) is 4.18 Å². The predicted molar refractivity (Wildman–Crippen MR) is 55.5 cm³/mol. The zero-order chi connectivity index (χ0) is 12.0. The van der Waals surface area contributed by atoms with E-state index in [-0.39, 0.29) is 13.2 Å². The third-order valence-electron chi connectivity index (χ3n) is 1.73. The second kappa shape index (κ2) is 6.67. The van der Waals surface area contributed by atoms with Gasteiger partial charge in [0.2, 0.25) is 0 Å². The summed E-state index contributed by atoms with van der Waals surface area (Å²) >= 11 is -1.63. The molecule has 3 nitrogen and oxygen atoms in total. The molecule has 0 heterocycles. The first-order valence-electron chi connectivity index (χ1n) is 4.61. The van der Waals surface area contributed by atoms with Gasteiger partial charge in [-0.15, -0.1) is 0 Å². The van der Waals surface area contributed by atoms with E-state index in [1.165, 1.54) is 0 Å². The predicted octanol–water partition coefficient (Wildman–Crippen LogP) is 2.27. The van der Waals surface area contributed by atoms with Crippen molar-refractivity contribution in [3.05, 3.63) is 29.8 Å². The maximum absolute atomic E-state index is 11.6. The first kappa shape index (κ1) is 13.2. The Labute approximate surface area is 95.0 Å². The molecule has 0 N–H and O–H groups in total. The van der Waals surface area contributed by atoms with Crippen molar-refractivity contribution < 1.29 is 21.9 Å². The molecule has 0 saturated carbocycles. The molecule has 1 rings (SSSR count). The van der Waals surface area contributed by atoms with Crippen LogP contribution in [0.15, 0.2) is 29.2 Å². The third-order valence-corrected chi connectivity index (χ3v) is 2.77. The van der Waals surface area contributed by atoms with Crippen LogP contribution in [0.2, 0.25) is 0 Å². The Morgan fingerprint density at radius 1 is 1.25 bits per heavy atom. The summed E-state index contributed by atoms with van der Waals surface area (Å²) in [6.07, 6.45) is 0. The zero-order valence-electron chi connectivity index (χ0n) is 8.69. The van der Waals surface area contributed by atoms with E-state index in [2.05, 4.69) is 4.74 Å². The lowest BCUT2D eigenvalue weighted by molar-refractivity contribution is -0.133. The molecular weight excluding hydrogens is 238 g/mol. The molecule has 6 heteroatoms. The van der Waals surface area contributed by atoms with Crippen molar-refractivity contribution >= 4 is 11.1 Å². The van der Waals surface area contributed by atoms with E-state index in [0.717, 1.165) is 5.56 Å². The van der Waals surface area contributed by atoms with Crippen LogP contribution < -0.4 is 0 Å². The maximum atomic E-state index is 11.6. The molecule has 0 amide bonds. The van der Waals surface area contributed by atoms with E-state index in [0.29, 0.717) is 4.90 Å². The number of rotatable bonds is 6. The molecule has 0 radical (unpaired) electrons. The molecule has 1 aromatic carbocycles. The Morgan fingerprint density at radius 2 is 1.88 bits per heavy atom. The fraction of sp³-hybridized carbons (Fsp3) is 0.400. The summed E-state index contributed by atoms with van der Waals surface area (Å²) in [6.45, 7) is -1.33. The van der Waals surface area contributed by atoms with Crippen molar-refractivity contribution in [3.63, 3.8) is 0 Å². The summed E-state index contributed by atoms with van der Waals surface area (Å²) in [6, 6.07) is 6.93. The molecule has 1 atom stereocenters. The number of benzene rings is 1. The van der Waals surface area contributed by atoms with Crippen LogP contribution >= 0.6 is 0 Å². The van der Waals surface area contributed by atoms with Gasteiger partial charge in [-0.25, -0.2) is 4.21 Å². The molecule has 0 aliphatic rings. The molecule has 0 aliphatic heterocycles. The number of hydrogen-bond acceptors (Lipinski definition) is 3. The normalized spacial score (nSPS) is 13.0. The van der Waals surface area contributed by atoms with Crippen molar-refractivity contribution in [1.82, 2.24) is 0 Å². The quantitative estimate of drug-likeness (QED) is 0.726. The minimum Gasteiger partial charge on any atom is -0.320 e. The molecular formula is C10H12F2O3S. The van der Waals surface area contributed by atoms with Gasteiger partial charge in [0.15, 0.2) is 11.1 Å². The Bertz CT molecular complexity index is 340. The Hall–Kier alpha value is -0.850. The molecule has 0 aliphatic carbocycles. The molecule has 0 saturated heterocycles. The van der Waals surface area contributed by atoms with Crippen LogP contribution in [0.5, 0.6) is 0 Å². The van der Waals surface area contributed by atoms with Crippen LogP contribution in [0.1, 0.15) is 5.56 Å². The average Bonchev–Trinajstić information content (AvgIpc) is 2.25. The second-order valence-electron chi connectivity index (χ2n) is 3.00. The number of ether oxygens (including phenoxy) is 1. The molecule has 0 aromatic heterocycles. The average molecular weight is 250 g/mol. The summed E-state index contributed by atoms with van der Waals surface area (Å²) in [7, 11) is 0. The first-order valence-corrected chi connectivity index (χ1v) is 5.68. The summed E-state index contributed by atoms with van der Waals surface area (Å²) in [5.74, 6) is 0. The topological polar surface area (TPSA) is 35.5 Å². The smallest absolute Gasteiger partial charge is 0.320 e. The number of halogens is 2. The van der Waals surface area contributed by atoms with E-state index < -0.39 is 17.7 Å².